The molecule has 4 aliphatic heterocycles. The van der Waals surface area contributed by atoms with Crippen molar-refractivity contribution in [2.75, 3.05) is 26.2 Å². The third kappa shape index (κ3) is 1.52. The van der Waals surface area contributed by atoms with Gasteiger partial charge in [-0.15, -0.1) is 11.3 Å². The monoisotopic (exact) mass is 340 g/mol. The van der Waals surface area contributed by atoms with Crippen LogP contribution in [0.4, 0.5) is 0 Å². The van der Waals surface area contributed by atoms with E-state index in [0.29, 0.717) is 26.2 Å². The summed E-state index contributed by atoms with van der Waals surface area (Å²) in [7, 11) is 0. The summed E-state index contributed by atoms with van der Waals surface area (Å²) in [4.78, 5) is 26.7. The zero-order chi connectivity index (χ0) is 16.6. The molecule has 2 N–H and O–H groups in total. The average molecular weight is 340 g/mol. The zero-order valence-electron chi connectivity index (χ0n) is 13.1. The van der Waals surface area contributed by atoms with Gasteiger partial charge in [0.2, 0.25) is 6.17 Å². The van der Waals surface area contributed by atoms with Crippen LogP contribution < -0.4 is 9.80 Å². The molecule has 0 spiro atoms. The Bertz CT molecular complexity index is 637. The van der Waals surface area contributed by atoms with Crippen LogP contribution in [0.25, 0.3) is 0 Å². The lowest BCUT2D eigenvalue weighted by Gasteiger charge is -2.60. The third-order valence-electron chi connectivity index (χ3n) is 6.75. The number of rotatable bonds is 3. The highest BCUT2D eigenvalue weighted by Crippen LogP contribution is 2.48. The SMILES string of the molecule is CC1(C)C2([N+](=O)[O-])C[NH+]3CC1([N+](=O)[O-])C[NH+](C2)C3c1cccs1. The number of quaternary nitrogens is 2. The van der Waals surface area contributed by atoms with E-state index in [9.17, 15) is 20.2 Å². The number of nitro groups is 2. The van der Waals surface area contributed by atoms with Gasteiger partial charge in [0.1, 0.15) is 10.3 Å². The number of nitrogens with one attached hydrogen (secondary N) is 2. The molecule has 5 rings (SSSR count). The van der Waals surface area contributed by atoms with E-state index in [1.54, 1.807) is 25.2 Å². The van der Waals surface area contributed by atoms with Crippen LogP contribution in [-0.4, -0.2) is 47.1 Å². The molecular weight excluding hydrogens is 320 g/mol. The maximum Gasteiger partial charge on any atom is 0.329 e. The summed E-state index contributed by atoms with van der Waals surface area (Å²) in [5.74, 6) is 0. The molecule has 9 heteroatoms. The maximum atomic E-state index is 12.0. The van der Waals surface area contributed by atoms with Crippen LogP contribution in [0.15, 0.2) is 17.5 Å². The fourth-order valence-corrected chi connectivity index (χ4v) is 6.28. The van der Waals surface area contributed by atoms with Crippen molar-refractivity contribution in [1.82, 2.24) is 0 Å². The Morgan fingerprint density at radius 2 is 1.57 bits per heavy atom. The average Bonchev–Trinajstić information content (AvgIpc) is 2.96. The van der Waals surface area contributed by atoms with Crippen LogP contribution in [0.5, 0.6) is 0 Å². The molecular formula is C14H20N4O4S+2. The molecule has 124 valence electrons. The number of nitrogens with zero attached hydrogens (tertiary/aromatic N) is 2. The Kier molecular flexibility index (Phi) is 2.79. The first-order valence-electron chi connectivity index (χ1n) is 7.77. The third-order valence-corrected chi connectivity index (χ3v) is 7.69. The van der Waals surface area contributed by atoms with Gasteiger partial charge >= 0.3 is 11.1 Å². The molecule has 1 aromatic rings. The molecule has 0 radical (unpaired) electrons. The van der Waals surface area contributed by atoms with Crippen molar-refractivity contribution in [2.24, 2.45) is 5.41 Å². The number of thiophene rings is 1. The molecule has 4 fully saturated rings. The molecule has 5 heterocycles. The first kappa shape index (κ1) is 15.0. The van der Waals surface area contributed by atoms with Gasteiger partial charge in [0.25, 0.3) is 0 Å². The van der Waals surface area contributed by atoms with Crippen molar-refractivity contribution in [3.8, 4) is 0 Å². The minimum absolute atomic E-state index is 0.0900. The normalized spacial score (nSPS) is 43.5. The molecule has 0 aromatic carbocycles. The molecule has 4 saturated heterocycles. The lowest BCUT2D eigenvalue weighted by Crippen LogP contribution is -3.43. The van der Waals surface area contributed by atoms with Gasteiger partial charge < -0.3 is 0 Å². The lowest BCUT2D eigenvalue weighted by molar-refractivity contribution is -1.20. The molecule has 4 aliphatic rings. The first-order valence-corrected chi connectivity index (χ1v) is 8.65. The van der Waals surface area contributed by atoms with E-state index in [1.165, 1.54) is 4.88 Å². The van der Waals surface area contributed by atoms with E-state index >= 15 is 0 Å². The lowest BCUT2D eigenvalue weighted by atomic mass is 9.53. The standard InChI is InChI=1S/C14H18N4O4S/c1-12(2)13(17(19)20)6-15-8-14(12,18(21)22)9-16(7-13)11(15)10-4-3-5-23-10/h3-5,11H,6-9H2,1-2H3/p+2. The first-order chi connectivity index (χ1) is 10.8. The molecule has 0 aliphatic carbocycles. The largest absolute Gasteiger partial charge is 0.329 e. The van der Waals surface area contributed by atoms with Crippen molar-refractivity contribution in [3.05, 3.63) is 42.6 Å². The van der Waals surface area contributed by atoms with Crippen LogP contribution in [0.3, 0.4) is 0 Å². The Morgan fingerprint density at radius 1 is 1.09 bits per heavy atom. The van der Waals surface area contributed by atoms with Crippen molar-refractivity contribution < 1.29 is 19.6 Å². The summed E-state index contributed by atoms with van der Waals surface area (Å²) in [6, 6.07) is 4.02. The van der Waals surface area contributed by atoms with Gasteiger partial charge in [0.15, 0.2) is 26.2 Å². The van der Waals surface area contributed by atoms with Gasteiger partial charge in [-0.1, -0.05) is 6.07 Å². The van der Waals surface area contributed by atoms with Gasteiger partial charge in [0.05, 0.1) is 0 Å². The van der Waals surface area contributed by atoms with Gasteiger partial charge in [-0.2, -0.15) is 0 Å². The van der Waals surface area contributed by atoms with Gasteiger partial charge in [-0.3, -0.25) is 30.0 Å². The molecule has 4 bridgehead atoms. The van der Waals surface area contributed by atoms with Crippen molar-refractivity contribution in [2.45, 2.75) is 31.1 Å². The Balaban J connectivity index is 1.87. The van der Waals surface area contributed by atoms with E-state index < -0.39 is 16.5 Å². The van der Waals surface area contributed by atoms with E-state index in [2.05, 4.69) is 0 Å². The number of hydrogen-bond acceptors (Lipinski definition) is 5. The van der Waals surface area contributed by atoms with E-state index in [-0.39, 0.29) is 16.0 Å². The molecule has 0 unspecified atom stereocenters. The van der Waals surface area contributed by atoms with E-state index in [4.69, 9.17) is 0 Å². The smallest absolute Gasteiger partial charge is 0.269 e. The predicted molar refractivity (Wildman–Crippen MR) is 81.7 cm³/mol. The van der Waals surface area contributed by atoms with Crippen molar-refractivity contribution in [1.29, 1.82) is 0 Å². The van der Waals surface area contributed by atoms with Crippen LogP contribution in [0.1, 0.15) is 24.9 Å². The molecule has 1 aromatic heterocycles. The van der Waals surface area contributed by atoms with Crippen LogP contribution in [-0.2, 0) is 0 Å². The van der Waals surface area contributed by atoms with E-state index in [1.807, 2.05) is 17.5 Å². The summed E-state index contributed by atoms with van der Waals surface area (Å²) in [6.07, 6.45) is 0.0900. The summed E-state index contributed by atoms with van der Waals surface area (Å²) in [5.41, 5.74) is -3.41. The van der Waals surface area contributed by atoms with Crippen LogP contribution in [0.2, 0.25) is 0 Å². The van der Waals surface area contributed by atoms with Gasteiger partial charge in [-0.25, -0.2) is 0 Å². The molecule has 0 amide bonds. The summed E-state index contributed by atoms with van der Waals surface area (Å²) in [5, 5.41) is 26.0. The van der Waals surface area contributed by atoms with Crippen molar-refractivity contribution >= 4 is 11.3 Å². The maximum absolute atomic E-state index is 12.0. The van der Waals surface area contributed by atoms with Crippen LogP contribution >= 0.6 is 11.3 Å². The second-order valence-corrected chi connectivity index (χ2v) is 8.65. The second-order valence-electron chi connectivity index (χ2n) is 7.67. The minimum atomic E-state index is -1.23. The van der Waals surface area contributed by atoms with Crippen molar-refractivity contribution in [3.63, 3.8) is 0 Å². The highest BCUT2D eigenvalue weighted by atomic mass is 32.1. The zero-order valence-corrected chi connectivity index (χ0v) is 13.9. The Hall–Kier alpha value is -1.58. The molecule has 8 nitrogen and oxygen atoms in total. The molecule has 0 atom stereocenters. The quantitative estimate of drug-likeness (QED) is 0.523. The topological polar surface area (TPSA) is 95.2 Å². The van der Waals surface area contributed by atoms with E-state index in [0.717, 1.165) is 9.80 Å². The number of piperidine rings is 2. The predicted octanol–water partition coefficient (Wildman–Crippen LogP) is -1.39. The Labute approximate surface area is 137 Å². The number of hydrogen-bond donors (Lipinski definition) is 2. The fourth-order valence-electron chi connectivity index (χ4n) is 5.34. The highest BCUT2D eigenvalue weighted by Gasteiger charge is 2.87. The Morgan fingerprint density at radius 3 is 1.91 bits per heavy atom. The fraction of sp³-hybridized carbons (Fsp3) is 0.714. The highest BCUT2D eigenvalue weighted by molar-refractivity contribution is 7.09. The molecule has 23 heavy (non-hydrogen) atoms. The minimum Gasteiger partial charge on any atom is -0.269 e. The summed E-state index contributed by atoms with van der Waals surface area (Å²) < 4.78 is 0. The second kappa shape index (κ2) is 4.28. The summed E-state index contributed by atoms with van der Waals surface area (Å²) in [6.45, 7) is 4.95. The summed E-state index contributed by atoms with van der Waals surface area (Å²) >= 11 is 1.64. The molecule has 0 saturated carbocycles. The van der Waals surface area contributed by atoms with Crippen LogP contribution in [0, 0.1) is 25.6 Å². The van der Waals surface area contributed by atoms with Gasteiger partial charge in [-0.05, 0) is 25.3 Å². The van der Waals surface area contributed by atoms with Gasteiger partial charge in [0, 0.05) is 9.85 Å².